The van der Waals surface area contributed by atoms with E-state index in [0.717, 1.165) is 12.1 Å². The third-order valence-electron chi connectivity index (χ3n) is 2.73. The van der Waals surface area contributed by atoms with Crippen molar-refractivity contribution in [2.24, 2.45) is 0 Å². The molecule has 0 spiro atoms. The van der Waals surface area contributed by atoms with Crippen molar-refractivity contribution in [3.05, 3.63) is 65.7 Å². The van der Waals surface area contributed by atoms with E-state index in [2.05, 4.69) is 17.2 Å². The Balaban J connectivity index is 1.92. The number of nitrogens with one attached hydrogen (secondary N) is 1. The second-order valence-corrected chi connectivity index (χ2v) is 4.01. The zero-order valence-corrected chi connectivity index (χ0v) is 9.73. The largest absolute Gasteiger partial charge is 0.306 e. The van der Waals surface area contributed by atoms with Gasteiger partial charge >= 0.3 is 0 Å². The molecule has 0 unspecified atom stereocenters. The highest BCUT2D eigenvalue weighted by Crippen LogP contribution is 2.11. The zero-order valence-electron chi connectivity index (χ0n) is 9.73. The van der Waals surface area contributed by atoms with Crippen LogP contribution < -0.4 is 5.32 Å². The van der Waals surface area contributed by atoms with Crippen LogP contribution in [0.3, 0.4) is 0 Å². The maximum Gasteiger partial charge on any atom is 0.123 e. The molecule has 0 aliphatic rings. The molecule has 1 aromatic carbocycles. The smallest absolute Gasteiger partial charge is 0.123 e. The lowest BCUT2D eigenvalue weighted by Gasteiger charge is -2.13. The van der Waals surface area contributed by atoms with Gasteiger partial charge in [-0.05, 0) is 42.3 Å². The van der Waals surface area contributed by atoms with E-state index >= 15 is 0 Å². The number of rotatable bonds is 4. The van der Waals surface area contributed by atoms with Crippen LogP contribution in [-0.2, 0) is 6.54 Å². The Morgan fingerprint density at radius 2 is 1.76 bits per heavy atom. The van der Waals surface area contributed by atoms with E-state index in [1.165, 1.54) is 17.7 Å². The van der Waals surface area contributed by atoms with E-state index in [-0.39, 0.29) is 11.9 Å². The minimum atomic E-state index is -0.198. The number of hydrogen-bond donors (Lipinski definition) is 1. The normalized spacial score (nSPS) is 12.4. The number of aromatic nitrogens is 1. The fourth-order valence-electron chi connectivity index (χ4n) is 1.64. The van der Waals surface area contributed by atoms with E-state index < -0.39 is 0 Å². The summed E-state index contributed by atoms with van der Waals surface area (Å²) in [5, 5.41) is 3.38. The Kier molecular flexibility index (Phi) is 3.83. The van der Waals surface area contributed by atoms with E-state index in [4.69, 9.17) is 0 Å². The summed E-state index contributed by atoms with van der Waals surface area (Å²) in [5.74, 6) is -0.198. The zero-order chi connectivity index (χ0) is 12.1. The third-order valence-corrected chi connectivity index (χ3v) is 2.73. The molecule has 17 heavy (non-hydrogen) atoms. The van der Waals surface area contributed by atoms with Crippen molar-refractivity contribution in [2.75, 3.05) is 0 Å². The van der Waals surface area contributed by atoms with E-state index in [9.17, 15) is 4.39 Å². The summed E-state index contributed by atoms with van der Waals surface area (Å²) in [6, 6.07) is 10.8. The molecule has 88 valence electrons. The molecule has 2 rings (SSSR count). The van der Waals surface area contributed by atoms with Crippen LogP contribution in [0.5, 0.6) is 0 Å². The van der Waals surface area contributed by atoms with Gasteiger partial charge in [0.1, 0.15) is 5.82 Å². The topological polar surface area (TPSA) is 24.9 Å². The van der Waals surface area contributed by atoms with Crippen LogP contribution in [0.1, 0.15) is 24.1 Å². The van der Waals surface area contributed by atoms with Crippen LogP contribution >= 0.6 is 0 Å². The van der Waals surface area contributed by atoms with Crippen LogP contribution in [0, 0.1) is 5.82 Å². The summed E-state index contributed by atoms with van der Waals surface area (Å²) in [4.78, 5) is 3.99. The van der Waals surface area contributed by atoms with Gasteiger partial charge in [-0.15, -0.1) is 0 Å². The molecule has 0 saturated heterocycles. The van der Waals surface area contributed by atoms with Crippen molar-refractivity contribution in [3.63, 3.8) is 0 Å². The number of hydrogen-bond acceptors (Lipinski definition) is 2. The van der Waals surface area contributed by atoms with Gasteiger partial charge in [0.2, 0.25) is 0 Å². The van der Waals surface area contributed by atoms with E-state index in [0.29, 0.717) is 0 Å². The predicted molar refractivity (Wildman–Crippen MR) is 65.9 cm³/mol. The van der Waals surface area contributed by atoms with Gasteiger partial charge < -0.3 is 5.32 Å². The summed E-state index contributed by atoms with van der Waals surface area (Å²) < 4.78 is 12.7. The third kappa shape index (κ3) is 3.36. The fraction of sp³-hybridized carbons (Fsp3) is 0.214. The first-order chi connectivity index (χ1) is 8.25. The molecule has 2 nitrogen and oxygen atoms in total. The van der Waals surface area contributed by atoms with Gasteiger partial charge in [0.15, 0.2) is 0 Å². The first-order valence-corrected chi connectivity index (χ1v) is 5.63. The van der Waals surface area contributed by atoms with Gasteiger partial charge in [-0.25, -0.2) is 4.39 Å². The molecule has 1 heterocycles. The number of halogens is 1. The van der Waals surface area contributed by atoms with Crippen molar-refractivity contribution in [2.45, 2.75) is 19.5 Å². The van der Waals surface area contributed by atoms with E-state index in [1.54, 1.807) is 24.5 Å². The molecule has 3 heteroatoms. The van der Waals surface area contributed by atoms with Crippen molar-refractivity contribution in [3.8, 4) is 0 Å². The highest BCUT2D eigenvalue weighted by atomic mass is 19.1. The SMILES string of the molecule is C[C@H](NCc1ccc(F)cc1)c1ccncc1. The molecule has 2 aromatic rings. The maximum atomic E-state index is 12.7. The highest BCUT2D eigenvalue weighted by molar-refractivity contribution is 5.17. The lowest BCUT2D eigenvalue weighted by atomic mass is 10.1. The van der Waals surface area contributed by atoms with Crippen LogP contribution in [-0.4, -0.2) is 4.98 Å². The Bertz CT molecular complexity index is 453. The molecule has 1 atom stereocenters. The molecule has 1 aromatic heterocycles. The van der Waals surface area contributed by atoms with Gasteiger partial charge in [0, 0.05) is 25.0 Å². The van der Waals surface area contributed by atoms with E-state index in [1.807, 2.05) is 12.1 Å². The lowest BCUT2D eigenvalue weighted by molar-refractivity contribution is 0.572. The average molecular weight is 230 g/mol. The monoisotopic (exact) mass is 230 g/mol. The van der Waals surface area contributed by atoms with Gasteiger partial charge in [0.25, 0.3) is 0 Å². The minimum absolute atomic E-state index is 0.198. The first kappa shape index (κ1) is 11.7. The molecule has 0 saturated carbocycles. The van der Waals surface area contributed by atoms with Gasteiger partial charge in [0.05, 0.1) is 0 Å². The summed E-state index contributed by atoms with van der Waals surface area (Å²) in [5.41, 5.74) is 2.27. The second-order valence-electron chi connectivity index (χ2n) is 4.01. The Labute approximate surface area is 101 Å². The van der Waals surface area contributed by atoms with Crippen molar-refractivity contribution in [1.82, 2.24) is 10.3 Å². The summed E-state index contributed by atoms with van der Waals surface area (Å²) >= 11 is 0. The number of nitrogens with zero attached hydrogens (tertiary/aromatic N) is 1. The quantitative estimate of drug-likeness (QED) is 0.873. The highest BCUT2D eigenvalue weighted by Gasteiger charge is 2.03. The predicted octanol–water partition coefficient (Wildman–Crippen LogP) is 3.07. The van der Waals surface area contributed by atoms with Crippen molar-refractivity contribution in [1.29, 1.82) is 0 Å². The molecule has 0 aliphatic heterocycles. The molecule has 1 N–H and O–H groups in total. The van der Waals surface area contributed by atoms with Crippen LogP contribution in [0.4, 0.5) is 4.39 Å². The number of pyridine rings is 1. The van der Waals surface area contributed by atoms with Crippen molar-refractivity contribution >= 4 is 0 Å². The molecule has 0 aliphatic carbocycles. The van der Waals surface area contributed by atoms with Crippen LogP contribution in [0.2, 0.25) is 0 Å². The summed E-state index contributed by atoms with van der Waals surface area (Å²) in [7, 11) is 0. The first-order valence-electron chi connectivity index (χ1n) is 5.63. The van der Waals surface area contributed by atoms with Crippen molar-refractivity contribution < 1.29 is 4.39 Å². The number of benzene rings is 1. The maximum absolute atomic E-state index is 12.7. The summed E-state index contributed by atoms with van der Waals surface area (Å²) in [6.07, 6.45) is 3.57. The van der Waals surface area contributed by atoms with Crippen LogP contribution in [0.15, 0.2) is 48.8 Å². The molecular weight excluding hydrogens is 215 g/mol. The lowest BCUT2D eigenvalue weighted by Crippen LogP contribution is -2.18. The summed E-state index contributed by atoms with van der Waals surface area (Å²) in [6.45, 7) is 2.82. The Morgan fingerprint density at radius 1 is 1.12 bits per heavy atom. The molecule has 0 bridgehead atoms. The molecular formula is C14H15FN2. The van der Waals surface area contributed by atoms with Crippen LogP contribution in [0.25, 0.3) is 0 Å². The van der Waals surface area contributed by atoms with Gasteiger partial charge in [-0.1, -0.05) is 12.1 Å². The molecule has 0 amide bonds. The average Bonchev–Trinajstić information content (AvgIpc) is 2.39. The fourth-order valence-corrected chi connectivity index (χ4v) is 1.64. The molecule has 0 radical (unpaired) electrons. The Hall–Kier alpha value is -1.74. The minimum Gasteiger partial charge on any atom is -0.306 e. The van der Waals surface area contributed by atoms with Gasteiger partial charge in [-0.3, -0.25) is 4.98 Å². The second kappa shape index (κ2) is 5.55. The molecule has 0 fully saturated rings. The van der Waals surface area contributed by atoms with Gasteiger partial charge in [-0.2, -0.15) is 0 Å². The Morgan fingerprint density at radius 3 is 2.41 bits per heavy atom. The standard InChI is InChI=1S/C14H15FN2/c1-11(13-6-8-16-9-7-13)17-10-12-2-4-14(15)5-3-12/h2-9,11,17H,10H2,1H3/t11-/m0/s1.